The number of para-hydroxylation sites is 1. The van der Waals surface area contributed by atoms with E-state index in [0.29, 0.717) is 11.7 Å². The molecule has 1 aliphatic heterocycles. The van der Waals surface area contributed by atoms with Crippen molar-refractivity contribution in [2.75, 3.05) is 13.7 Å². The maximum Gasteiger partial charge on any atom is 0.258 e. The number of hydrogen-bond donors (Lipinski definition) is 1. The number of carbonyl (C=O) groups excluding carboxylic acids is 1. The molecule has 28 heavy (non-hydrogen) atoms. The molecule has 1 heterocycles. The number of carbonyl (C=O) groups is 1. The minimum Gasteiger partial charge on any atom is -0.497 e. The molecule has 1 saturated carbocycles. The van der Waals surface area contributed by atoms with Crippen LogP contribution in [-0.2, 0) is 11.2 Å². The Balaban J connectivity index is 1.40. The van der Waals surface area contributed by atoms with Gasteiger partial charge in [-0.15, -0.1) is 0 Å². The number of rotatable bonds is 7. The second-order valence-electron chi connectivity index (χ2n) is 8.23. The molecule has 1 fully saturated rings. The SMILES string of the molecule is COc1ccc(C(NC(=O)COc2cccc3c2OC(C)(C)C3)C2CC2)cc1. The van der Waals surface area contributed by atoms with Crippen LogP contribution in [0.4, 0.5) is 0 Å². The van der Waals surface area contributed by atoms with Gasteiger partial charge in [0.15, 0.2) is 18.1 Å². The fourth-order valence-corrected chi connectivity index (χ4v) is 3.77. The van der Waals surface area contributed by atoms with Gasteiger partial charge >= 0.3 is 0 Å². The maximum atomic E-state index is 12.6. The first-order valence-corrected chi connectivity index (χ1v) is 9.82. The van der Waals surface area contributed by atoms with E-state index in [-0.39, 0.29) is 24.2 Å². The first kappa shape index (κ1) is 18.7. The van der Waals surface area contributed by atoms with Gasteiger partial charge in [-0.25, -0.2) is 0 Å². The van der Waals surface area contributed by atoms with Crippen LogP contribution in [0, 0.1) is 5.92 Å². The predicted molar refractivity (Wildman–Crippen MR) is 107 cm³/mol. The number of benzene rings is 2. The summed E-state index contributed by atoms with van der Waals surface area (Å²) in [6, 6.07) is 13.8. The number of methoxy groups -OCH3 is 1. The lowest BCUT2D eigenvalue weighted by Crippen LogP contribution is -2.33. The summed E-state index contributed by atoms with van der Waals surface area (Å²) in [5.74, 6) is 2.57. The molecule has 4 rings (SSSR count). The zero-order chi connectivity index (χ0) is 19.7. The van der Waals surface area contributed by atoms with Gasteiger partial charge in [0.25, 0.3) is 5.91 Å². The van der Waals surface area contributed by atoms with Crippen molar-refractivity contribution in [3.05, 3.63) is 53.6 Å². The molecule has 0 radical (unpaired) electrons. The first-order chi connectivity index (χ1) is 13.4. The van der Waals surface area contributed by atoms with Gasteiger partial charge in [-0.3, -0.25) is 4.79 Å². The largest absolute Gasteiger partial charge is 0.497 e. The summed E-state index contributed by atoms with van der Waals surface area (Å²) < 4.78 is 17.1. The molecule has 2 aromatic rings. The molecule has 1 amide bonds. The minimum atomic E-state index is -0.241. The van der Waals surface area contributed by atoms with E-state index in [1.165, 1.54) is 0 Å². The van der Waals surface area contributed by atoms with Crippen LogP contribution in [0.15, 0.2) is 42.5 Å². The Kier molecular flexibility index (Phi) is 4.92. The highest BCUT2D eigenvalue weighted by Crippen LogP contribution is 2.42. The lowest BCUT2D eigenvalue weighted by molar-refractivity contribution is -0.124. The Hall–Kier alpha value is -2.69. The Bertz CT molecular complexity index is 855. The normalized spacial score (nSPS) is 18.0. The summed E-state index contributed by atoms with van der Waals surface area (Å²) in [5, 5.41) is 3.14. The van der Waals surface area contributed by atoms with Crippen molar-refractivity contribution < 1.29 is 19.0 Å². The van der Waals surface area contributed by atoms with E-state index in [9.17, 15) is 4.79 Å². The van der Waals surface area contributed by atoms with E-state index >= 15 is 0 Å². The van der Waals surface area contributed by atoms with Crippen molar-refractivity contribution in [1.29, 1.82) is 0 Å². The molecule has 1 N–H and O–H groups in total. The van der Waals surface area contributed by atoms with Crippen LogP contribution in [0.2, 0.25) is 0 Å². The third kappa shape index (κ3) is 4.08. The van der Waals surface area contributed by atoms with E-state index in [1.54, 1.807) is 7.11 Å². The molecule has 1 atom stereocenters. The van der Waals surface area contributed by atoms with Crippen LogP contribution in [0.5, 0.6) is 17.2 Å². The minimum absolute atomic E-state index is 0.0127. The lowest BCUT2D eigenvalue weighted by Gasteiger charge is -2.20. The average Bonchev–Trinajstić information content (AvgIpc) is 3.46. The monoisotopic (exact) mass is 381 g/mol. The Morgan fingerprint density at radius 3 is 2.64 bits per heavy atom. The zero-order valence-corrected chi connectivity index (χ0v) is 16.7. The van der Waals surface area contributed by atoms with Gasteiger partial charge in [0.2, 0.25) is 0 Å². The molecule has 0 spiro atoms. The molecule has 1 aliphatic carbocycles. The van der Waals surface area contributed by atoms with Crippen LogP contribution in [0.3, 0.4) is 0 Å². The molecule has 0 bridgehead atoms. The topological polar surface area (TPSA) is 56.8 Å². The van der Waals surface area contributed by atoms with Gasteiger partial charge in [0.05, 0.1) is 13.2 Å². The van der Waals surface area contributed by atoms with Crippen LogP contribution in [-0.4, -0.2) is 25.2 Å². The van der Waals surface area contributed by atoms with Crippen LogP contribution < -0.4 is 19.5 Å². The van der Waals surface area contributed by atoms with Crippen LogP contribution in [0.25, 0.3) is 0 Å². The van der Waals surface area contributed by atoms with Gasteiger partial charge in [-0.05, 0) is 56.4 Å². The summed E-state index contributed by atoms with van der Waals surface area (Å²) in [6.07, 6.45) is 3.10. The van der Waals surface area contributed by atoms with Crippen molar-refractivity contribution in [1.82, 2.24) is 5.32 Å². The summed E-state index contributed by atoms with van der Waals surface area (Å²) in [5.41, 5.74) is 1.98. The molecule has 148 valence electrons. The standard InChI is InChI=1S/C23H27NO4/c1-23(2)13-17-5-4-6-19(22(17)28-23)27-14-20(25)24-21(15-7-8-15)16-9-11-18(26-3)12-10-16/h4-6,9-12,15,21H,7-8,13-14H2,1-3H3,(H,24,25). The molecule has 1 unspecified atom stereocenters. The quantitative estimate of drug-likeness (QED) is 0.786. The van der Waals surface area contributed by atoms with Gasteiger partial charge in [0.1, 0.15) is 11.4 Å². The van der Waals surface area contributed by atoms with Crippen molar-refractivity contribution in [3.8, 4) is 17.2 Å². The highest BCUT2D eigenvalue weighted by Gasteiger charge is 2.34. The number of nitrogens with one attached hydrogen (secondary N) is 1. The molecule has 5 heteroatoms. The van der Waals surface area contributed by atoms with E-state index in [0.717, 1.165) is 41.9 Å². The molecule has 0 aromatic heterocycles. The summed E-state index contributed by atoms with van der Waals surface area (Å²) in [6.45, 7) is 4.08. The zero-order valence-electron chi connectivity index (χ0n) is 16.7. The van der Waals surface area contributed by atoms with Crippen LogP contribution in [0.1, 0.15) is 43.9 Å². The Labute approximate surface area is 166 Å². The molecule has 2 aromatic carbocycles. The second-order valence-corrected chi connectivity index (χ2v) is 8.23. The third-order valence-corrected chi connectivity index (χ3v) is 5.30. The fraction of sp³-hybridized carbons (Fsp3) is 0.435. The molecular weight excluding hydrogens is 354 g/mol. The molecule has 5 nitrogen and oxygen atoms in total. The van der Waals surface area contributed by atoms with E-state index < -0.39 is 0 Å². The van der Waals surface area contributed by atoms with Gasteiger partial charge in [-0.1, -0.05) is 24.3 Å². The lowest BCUT2D eigenvalue weighted by atomic mass is 10.0. The van der Waals surface area contributed by atoms with Crippen molar-refractivity contribution in [2.45, 2.75) is 44.8 Å². The van der Waals surface area contributed by atoms with Gasteiger partial charge < -0.3 is 19.5 Å². The Morgan fingerprint density at radius 2 is 1.96 bits per heavy atom. The Morgan fingerprint density at radius 1 is 1.21 bits per heavy atom. The third-order valence-electron chi connectivity index (χ3n) is 5.30. The maximum absolute atomic E-state index is 12.6. The summed E-state index contributed by atoms with van der Waals surface area (Å²) in [7, 11) is 1.65. The molecular formula is C23H27NO4. The second kappa shape index (κ2) is 7.38. The smallest absolute Gasteiger partial charge is 0.258 e. The van der Waals surface area contributed by atoms with Crippen molar-refractivity contribution in [2.24, 2.45) is 5.92 Å². The van der Waals surface area contributed by atoms with E-state index in [4.69, 9.17) is 14.2 Å². The molecule has 2 aliphatic rings. The van der Waals surface area contributed by atoms with Crippen LogP contribution >= 0.6 is 0 Å². The predicted octanol–water partition coefficient (Wildman–Crippen LogP) is 4.06. The van der Waals surface area contributed by atoms with E-state index in [2.05, 4.69) is 19.2 Å². The number of fused-ring (bicyclic) bond motifs is 1. The highest BCUT2D eigenvalue weighted by molar-refractivity contribution is 5.78. The van der Waals surface area contributed by atoms with Crippen molar-refractivity contribution >= 4 is 5.91 Å². The average molecular weight is 381 g/mol. The molecule has 0 saturated heterocycles. The summed E-state index contributed by atoms with van der Waals surface area (Å²) >= 11 is 0. The highest BCUT2D eigenvalue weighted by atomic mass is 16.5. The van der Waals surface area contributed by atoms with Crippen molar-refractivity contribution in [3.63, 3.8) is 0 Å². The van der Waals surface area contributed by atoms with Gasteiger partial charge in [-0.2, -0.15) is 0 Å². The number of hydrogen-bond acceptors (Lipinski definition) is 4. The number of ether oxygens (including phenoxy) is 3. The van der Waals surface area contributed by atoms with Gasteiger partial charge in [0, 0.05) is 12.0 Å². The summed E-state index contributed by atoms with van der Waals surface area (Å²) in [4.78, 5) is 12.6. The fourth-order valence-electron chi connectivity index (χ4n) is 3.77. The van der Waals surface area contributed by atoms with E-state index in [1.807, 2.05) is 42.5 Å². The number of amides is 1. The first-order valence-electron chi connectivity index (χ1n) is 9.82.